The van der Waals surface area contributed by atoms with E-state index in [0.29, 0.717) is 12.1 Å². The average Bonchev–Trinajstić information content (AvgIpc) is 2.71. The number of nitrogens with zero attached hydrogens (tertiary/aromatic N) is 2. The highest BCUT2D eigenvalue weighted by molar-refractivity contribution is 5.94. The summed E-state index contributed by atoms with van der Waals surface area (Å²) in [7, 11) is 0. The first-order valence-corrected chi connectivity index (χ1v) is 9.00. The molecule has 0 fully saturated rings. The largest absolute Gasteiger partial charge is 0.416 e. The SMILES string of the molecule is Cc1ccc(Cn2cccc(C(=O)N/N=C\c3ccc(C(F)(F)F)cc3)c2=O)cc1. The number of nitrogens with one attached hydrogen (secondary N) is 1. The third-order valence-corrected chi connectivity index (χ3v) is 4.36. The molecule has 0 radical (unpaired) electrons. The van der Waals surface area contributed by atoms with E-state index in [9.17, 15) is 22.8 Å². The normalized spacial score (nSPS) is 11.6. The maximum absolute atomic E-state index is 12.6. The minimum atomic E-state index is -4.42. The van der Waals surface area contributed by atoms with Gasteiger partial charge in [-0.25, -0.2) is 5.43 Å². The number of hydrogen-bond acceptors (Lipinski definition) is 3. The second kappa shape index (κ2) is 8.77. The van der Waals surface area contributed by atoms with E-state index in [2.05, 4.69) is 10.5 Å². The van der Waals surface area contributed by atoms with Gasteiger partial charge in [-0.15, -0.1) is 0 Å². The molecular formula is C22H18F3N3O2. The van der Waals surface area contributed by atoms with Gasteiger partial charge in [0.15, 0.2) is 0 Å². The van der Waals surface area contributed by atoms with Crippen LogP contribution < -0.4 is 11.0 Å². The van der Waals surface area contributed by atoms with Gasteiger partial charge in [-0.1, -0.05) is 42.0 Å². The summed E-state index contributed by atoms with van der Waals surface area (Å²) >= 11 is 0. The minimum absolute atomic E-state index is 0.0887. The van der Waals surface area contributed by atoms with E-state index in [1.54, 1.807) is 12.3 Å². The van der Waals surface area contributed by atoms with Gasteiger partial charge in [-0.05, 0) is 42.3 Å². The number of rotatable bonds is 5. The number of amides is 1. The quantitative estimate of drug-likeness (QED) is 0.508. The second-order valence-electron chi connectivity index (χ2n) is 6.66. The smallest absolute Gasteiger partial charge is 0.310 e. The van der Waals surface area contributed by atoms with Gasteiger partial charge in [-0.2, -0.15) is 18.3 Å². The minimum Gasteiger partial charge on any atom is -0.310 e. The fraction of sp³-hybridized carbons (Fsp3) is 0.136. The highest BCUT2D eigenvalue weighted by Gasteiger charge is 2.29. The molecule has 1 N–H and O–H groups in total. The molecule has 3 aromatic rings. The molecule has 0 saturated heterocycles. The van der Waals surface area contributed by atoms with Crippen LogP contribution in [0.25, 0.3) is 0 Å². The first-order chi connectivity index (χ1) is 14.2. The number of alkyl halides is 3. The summed E-state index contributed by atoms with van der Waals surface area (Å²) in [4.78, 5) is 24.9. The lowest BCUT2D eigenvalue weighted by atomic mass is 10.1. The molecule has 0 atom stereocenters. The number of halogens is 3. The number of carbonyl (C=O) groups excluding carboxylic acids is 1. The van der Waals surface area contributed by atoms with E-state index < -0.39 is 23.2 Å². The monoisotopic (exact) mass is 413 g/mol. The van der Waals surface area contributed by atoms with Crippen molar-refractivity contribution in [1.29, 1.82) is 0 Å². The van der Waals surface area contributed by atoms with Crippen LogP contribution in [0.4, 0.5) is 13.2 Å². The van der Waals surface area contributed by atoms with Crippen LogP contribution in [0.2, 0.25) is 0 Å². The highest BCUT2D eigenvalue weighted by atomic mass is 19.4. The van der Waals surface area contributed by atoms with Gasteiger partial charge < -0.3 is 4.57 Å². The zero-order valence-electron chi connectivity index (χ0n) is 16.0. The molecule has 8 heteroatoms. The predicted octanol–water partition coefficient (Wildman–Crippen LogP) is 3.99. The molecule has 0 unspecified atom stereocenters. The van der Waals surface area contributed by atoms with Gasteiger partial charge in [0.2, 0.25) is 0 Å². The van der Waals surface area contributed by atoms with Gasteiger partial charge in [-0.3, -0.25) is 9.59 Å². The number of hydrogen-bond donors (Lipinski definition) is 1. The lowest BCUT2D eigenvalue weighted by Gasteiger charge is -2.08. The average molecular weight is 413 g/mol. The third-order valence-electron chi connectivity index (χ3n) is 4.36. The fourth-order valence-electron chi connectivity index (χ4n) is 2.71. The van der Waals surface area contributed by atoms with Crippen molar-refractivity contribution in [3.63, 3.8) is 0 Å². The van der Waals surface area contributed by atoms with Crippen LogP contribution >= 0.6 is 0 Å². The van der Waals surface area contributed by atoms with E-state index in [4.69, 9.17) is 0 Å². The Hall–Kier alpha value is -3.68. The Morgan fingerprint density at radius 2 is 1.73 bits per heavy atom. The van der Waals surface area contributed by atoms with Gasteiger partial charge in [0.05, 0.1) is 18.3 Å². The molecule has 0 aliphatic rings. The molecule has 1 heterocycles. The molecule has 0 bridgehead atoms. The highest BCUT2D eigenvalue weighted by Crippen LogP contribution is 2.28. The molecule has 0 aliphatic heterocycles. The number of carbonyl (C=O) groups is 1. The molecule has 2 aromatic carbocycles. The summed E-state index contributed by atoms with van der Waals surface area (Å²) in [6, 6.07) is 15.0. The van der Waals surface area contributed by atoms with Crippen molar-refractivity contribution in [1.82, 2.24) is 9.99 Å². The van der Waals surface area contributed by atoms with E-state index in [1.165, 1.54) is 29.0 Å². The summed E-state index contributed by atoms with van der Waals surface area (Å²) in [6.07, 6.45) is -1.63. The van der Waals surface area contributed by atoms with Crippen LogP contribution in [-0.2, 0) is 12.7 Å². The first-order valence-electron chi connectivity index (χ1n) is 9.00. The van der Waals surface area contributed by atoms with Gasteiger partial charge >= 0.3 is 6.18 Å². The van der Waals surface area contributed by atoms with Crippen molar-refractivity contribution in [2.24, 2.45) is 5.10 Å². The maximum Gasteiger partial charge on any atom is 0.416 e. The van der Waals surface area contributed by atoms with Crippen molar-refractivity contribution in [3.05, 3.63) is 105 Å². The predicted molar refractivity (Wildman–Crippen MR) is 107 cm³/mol. The van der Waals surface area contributed by atoms with Crippen molar-refractivity contribution in [2.75, 3.05) is 0 Å². The molecule has 1 amide bonds. The van der Waals surface area contributed by atoms with Crippen molar-refractivity contribution < 1.29 is 18.0 Å². The molecule has 0 saturated carbocycles. The molecule has 3 rings (SSSR count). The standard InChI is InChI=1S/C22H18F3N3O2/c1-15-4-6-17(7-5-15)14-28-12-2-3-19(21(28)30)20(29)27-26-13-16-8-10-18(11-9-16)22(23,24)25/h2-13H,14H2,1H3,(H,27,29)/b26-13-. The summed E-state index contributed by atoms with van der Waals surface area (Å²) in [5.41, 5.74) is 3.28. The molecule has 1 aromatic heterocycles. The number of aryl methyl sites for hydroxylation is 1. The molecule has 30 heavy (non-hydrogen) atoms. The Bertz CT molecular complexity index is 1120. The maximum atomic E-state index is 12.6. The van der Waals surface area contributed by atoms with E-state index in [0.717, 1.165) is 23.3 Å². The fourth-order valence-corrected chi connectivity index (χ4v) is 2.71. The van der Waals surface area contributed by atoms with Gasteiger partial charge in [0, 0.05) is 6.20 Å². The molecule has 5 nitrogen and oxygen atoms in total. The number of pyridine rings is 1. The van der Waals surface area contributed by atoms with Crippen LogP contribution in [0.1, 0.15) is 32.6 Å². The van der Waals surface area contributed by atoms with Gasteiger partial charge in [0.25, 0.3) is 11.5 Å². The Morgan fingerprint density at radius 1 is 1.07 bits per heavy atom. The molecule has 0 aliphatic carbocycles. The van der Waals surface area contributed by atoms with E-state index in [-0.39, 0.29) is 5.56 Å². The van der Waals surface area contributed by atoms with Crippen LogP contribution in [-0.4, -0.2) is 16.7 Å². The number of hydrazone groups is 1. The second-order valence-corrected chi connectivity index (χ2v) is 6.66. The van der Waals surface area contributed by atoms with Crippen LogP contribution in [0.3, 0.4) is 0 Å². The van der Waals surface area contributed by atoms with Crippen LogP contribution in [0.5, 0.6) is 0 Å². The molecular weight excluding hydrogens is 395 g/mol. The Kier molecular flexibility index (Phi) is 6.15. The Balaban J connectivity index is 1.69. The lowest BCUT2D eigenvalue weighted by Crippen LogP contribution is -2.30. The number of aromatic nitrogens is 1. The first kappa shape index (κ1) is 21.0. The molecule has 154 valence electrons. The topological polar surface area (TPSA) is 63.5 Å². The Morgan fingerprint density at radius 3 is 2.37 bits per heavy atom. The summed E-state index contributed by atoms with van der Waals surface area (Å²) in [5.74, 6) is -0.707. The zero-order valence-corrected chi connectivity index (χ0v) is 16.0. The van der Waals surface area contributed by atoms with E-state index in [1.807, 2.05) is 31.2 Å². The van der Waals surface area contributed by atoms with Crippen LogP contribution in [0.15, 0.2) is 76.8 Å². The van der Waals surface area contributed by atoms with Crippen molar-refractivity contribution >= 4 is 12.1 Å². The summed E-state index contributed by atoms with van der Waals surface area (Å²) in [5, 5.41) is 3.72. The van der Waals surface area contributed by atoms with Crippen molar-refractivity contribution in [3.8, 4) is 0 Å². The van der Waals surface area contributed by atoms with Crippen molar-refractivity contribution in [2.45, 2.75) is 19.6 Å². The van der Waals surface area contributed by atoms with E-state index >= 15 is 0 Å². The van der Waals surface area contributed by atoms with Crippen LogP contribution in [0, 0.1) is 6.92 Å². The zero-order chi connectivity index (χ0) is 21.7. The van der Waals surface area contributed by atoms with Gasteiger partial charge in [0.1, 0.15) is 5.56 Å². The third kappa shape index (κ3) is 5.22. The summed E-state index contributed by atoms with van der Waals surface area (Å²) in [6.45, 7) is 2.28. The Labute approximate surface area is 170 Å². The number of benzene rings is 2. The molecule has 0 spiro atoms. The summed E-state index contributed by atoms with van der Waals surface area (Å²) < 4.78 is 39.1. The lowest BCUT2D eigenvalue weighted by molar-refractivity contribution is -0.137.